The third-order valence-corrected chi connectivity index (χ3v) is 2.14. The van der Waals surface area contributed by atoms with Crippen molar-refractivity contribution in [3.8, 4) is 0 Å². The Hall–Kier alpha value is -0.350. The molecule has 0 saturated heterocycles. The van der Waals surface area contributed by atoms with Gasteiger partial charge in [-0.05, 0) is 23.1 Å². The molecule has 0 aromatic carbocycles. The highest BCUT2D eigenvalue weighted by atomic mass is 31.0. The van der Waals surface area contributed by atoms with E-state index in [1.54, 1.807) is 0 Å². The van der Waals surface area contributed by atoms with Gasteiger partial charge in [-0.3, -0.25) is 0 Å². The van der Waals surface area contributed by atoms with Crippen LogP contribution in [0.3, 0.4) is 0 Å². The maximum absolute atomic E-state index is 2.25. The summed E-state index contributed by atoms with van der Waals surface area (Å²) in [6.45, 7) is 4.44. The van der Waals surface area contributed by atoms with Crippen molar-refractivity contribution in [1.82, 2.24) is 0 Å². The van der Waals surface area contributed by atoms with Crippen LogP contribution < -0.4 is 0 Å². The van der Waals surface area contributed by atoms with Crippen LogP contribution in [0, 0.1) is 0 Å². The SMILES string of the molecule is CC(C)c1cccpc1. The van der Waals surface area contributed by atoms with E-state index in [4.69, 9.17) is 0 Å². The van der Waals surface area contributed by atoms with Crippen molar-refractivity contribution in [1.29, 1.82) is 0 Å². The molecule has 1 aromatic heterocycles. The Balaban J connectivity index is 2.85. The van der Waals surface area contributed by atoms with Crippen LogP contribution >= 0.6 is 8.19 Å². The van der Waals surface area contributed by atoms with E-state index in [0.717, 1.165) is 0 Å². The second-order valence-electron chi connectivity index (χ2n) is 2.44. The van der Waals surface area contributed by atoms with Gasteiger partial charge in [-0.2, -0.15) is 0 Å². The molecule has 0 nitrogen and oxygen atoms in total. The van der Waals surface area contributed by atoms with Crippen molar-refractivity contribution >= 4 is 8.19 Å². The van der Waals surface area contributed by atoms with Gasteiger partial charge in [0.1, 0.15) is 0 Å². The summed E-state index contributed by atoms with van der Waals surface area (Å²) in [5, 5.41) is 0. The molecule has 0 radical (unpaired) electrons. The molecule has 0 unspecified atom stereocenters. The van der Waals surface area contributed by atoms with Gasteiger partial charge in [-0.1, -0.05) is 34.2 Å². The maximum Gasteiger partial charge on any atom is -0.0215 e. The molecule has 0 amide bonds. The first-order chi connectivity index (χ1) is 4.30. The second kappa shape index (κ2) is 2.98. The highest BCUT2D eigenvalue weighted by molar-refractivity contribution is 7.28. The van der Waals surface area contributed by atoms with Crippen molar-refractivity contribution in [2.45, 2.75) is 19.8 Å². The van der Waals surface area contributed by atoms with Crippen LogP contribution in [0.5, 0.6) is 0 Å². The third-order valence-electron chi connectivity index (χ3n) is 1.35. The van der Waals surface area contributed by atoms with Gasteiger partial charge < -0.3 is 0 Å². The molecule has 0 fully saturated rings. The van der Waals surface area contributed by atoms with Gasteiger partial charge >= 0.3 is 0 Å². The topological polar surface area (TPSA) is 0 Å². The van der Waals surface area contributed by atoms with E-state index in [0.29, 0.717) is 5.92 Å². The molecule has 1 heterocycles. The third kappa shape index (κ3) is 1.80. The lowest BCUT2D eigenvalue weighted by Crippen LogP contribution is -1.81. The summed E-state index contributed by atoms with van der Waals surface area (Å²) < 4.78 is 0. The average Bonchev–Trinajstić information content (AvgIpc) is 1.90. The predicted molar refractivity (Wildman–Crippen MR) is 43.0 cm³/mol. The fourth-order valence-corrected chi connectivity index (χ4v) is 1.55. The Morgan fingerprint density at radius 2 is 2.22 bits per heavy atom. The van der Waals surface area contributed by atoms with Crippen molar-refractivity contribution in [2.24, 2.45) is 0 Å². The minimum atomic E-state index is 0.683. The first-order valence-electron chi connectivity index (χ1n) is 3.20. The van der Waals surface area contributed by atoms with E-state index >= 15 is 0 Å². The van der Waals surface area contributed by atoms with Crippen LogP contribution in [-0.2, 0) is 0 Å². The van der Waals surface area contributed by atoms with Crippen LogP contribution in [0.2, 0.25) is 0 Å². The maximum atomic E-state index is 2.25. The minimum Gasteiger partial charge on any atom is -0.0762 e. The summed E-state index contributed by atoms with van der Waals surface area (Å²) in [6, 6.07) is 4.30. The van der Waals surface area contributed by atoms with Gasteiger partial charge in [0.05, 0.1) is 0 Å². The van der Waals surface area contributed by atoms with E-state index < -0.39 is 0 Å². The monoisotopic (exact) mass is 138 g/mol. The Morgan fingerprint density at radius 1 is 1.44 bits per heavy atom. The normalized spacial score (nSPS) is 11.0. The fraction of sp³-hybridized carbons (Fsp3) is 0.375. The first kappa shape index (κ1) is 6.77. The minimum absolute atomic E-state index is 0.683. The summed E-state index contributed by atoms with van der Waals surface area (Å²) in [5.74, 6) is 5.08. The summed E-state index contributed by atoms with van der Waals surface area (Å²) in [6.07, 6.45) is 0. The van der Waals surface area contributed by atoms with Crippen LogP contribution in [0.1, 0.15) is 25.3 Å². The molecule has 0 bridgehead atoms. The van der Waals surface area contributed by atoms with Gasteiger partial charge in [0.2, 0.25) is 0 Å². The second-order valence-corrected chi connectivity index (χ2v) is 3.30. The summed E-state index contributed by atoms with van der Waals surface area (Å²) in [4.78, 5) is 0. The largest absolute Gasteiger partial charge is 0.0762 e. The van der Waals surface area contributed by atoms with E-state index in [1.807, 2.05) is 0 Å². The standard InChI is InChI=1S/C8H11P/c1-7(2)8-4-3-5-9-6-8/h3-7H,1-2H3. The number of hydrogen-bond acceptors (Lipinski definition) is 0. The summed E-state index contributed by atoms with van der Waals surface area (Å²) in [7, 11) is 1.33. The molecule has 1 heteroatoms. The molecule has 9 heavy (non-hydrogen) atoms. The van der Waals surface area contributed by atoms with Gasteiger partial charge in [-0.25, -0.2) is 0 Å². The highest BCUT2D eigenvalue weighted by Crippen LogP contribution is 2.16. The van der Waals surface area contributed by atoms with E-state index in [9.17, 15) is 0 Å². The van der Waals surface area contributed by atoms with E-state index in [-0.39, 0.29) is 0 Å². The molecular formula is C8H11P. The summed E-state index contributed by atoms with van der Waals surface area (Å²) in [5.41, 5.74) is 1.46. The molecule has 48 valence electrons. The van der Waals surface area contributed by atoms with Crippen molar-refractivity contribution in [3.05, 3.63) is 29.3 Å². The molecule has 1 aromatic rings. The molecule has 0 spiro atoms. The van der Waals surface area contributed by atoms with E-state index in [1.165, 1.54) is 13.8 Å². The molecule has 0 aliphatic heterocycles. The number of rotatable bonds is 1. The smallest absolute Gasteiger partial charge is 0.0215 e. The quantitative estimate of drug-likeness (QED) is 0.558. The average molecular weight is 138 g/mol. The molecule has 0 aliphatic rings. The zero-order valence-corrected chi connectivity index (χ0v) is 6.73. The lowest BCUT2D eigenvalue weighted by molar-refractivity contribution is 0.870. The number of hydrogen-bond donors (Lipinski definition) is 0. The predicted octanol–water partition coefficient (Wildman–Crippen LogP) is 3.39. The first-order valence-corrected chi connectivity index (χ1v) is 4.24. The molecule has 1 rings (SSSR count). The van der Waals surface area contributed by atoms with E-state index in [2.05, 4.69) is 37.6 Å². The Labute approximate surface area is 58.0 Å². The van der Waals surface area contributed by atoms with Crippen LogP contribution in [0.15, 0.2) is 23.7 Å². The Bertz CT molecular complexity index is 167. The van der Waals surface area contributed by atoms with Gasteiger partial charge in [0, 0.05) is 0 Å². The fourth-order valence-electron chi connectivity index (χ4n) is 0.717. The molecular weight excluding hydrogens is 127 g/mol. The van der Waals surface area contributed by atoms with Crippen LogP contribution in [-0.4, -0.2) is 0 Å². The molecule has 0 atom stereocenters. The van der Waals surface area contributed by atoms with Crippen molar-refractivity contribution in [3.63, 3.8) is 0 Å². The zero-order valence-electron chi connectivity index (χ0n) is 5.83. The lowest BCUT2D eigenvalue weighted by Gasteiger charge is -2.01. The zero-order chi connectivity index (χ0) is 6.69. The summed E-state index contributed by atoms with van der Waals surface area (Å²) >= 11 is 0. The van der Waals surface area contributed by atoms with Gasteiger partial charge in [0.15, 0.2) is 0 Å². The Morgan fingerprint density at radius 3 is 2.56 bits per heavy atom. The van der Waals surface area contributed by atoms with Gasteiger partial charge in [-0.15, -0.1) is 0 Å². The van der Waals surface area contributed by atoms with Crippen LogP contribution in [0.25, 0.3) is 0 Å². The molecule has 0 N–H and O–H groups in total. The van der Waals surface area contributed by atoms with Gasteiger partial charge in [0.25, 0.3) is 0 Å². The molecule has 0 aliphatic carbocycles. The molecule has 0 saturated carbocycles. The highest BCUT2D eigenvalue weighted by Gasteiger charge is 1.93. The Kier molecular flexibility index (Phi) is 2.24. The van der Waals surface area contributed by atoms with Crippen LogP contribution in [0.4, 0.5) is 0 Å². The lowest BCUT2D eigenvalue weighted by atomic mass is 10.1. The van der Waals surface area contributed by atoms with Crippen molar-refractivity contribution < 1.29 is 0 Å². The van der Waals surface area contributed by atoms with Crippen molar-refractivity contribution in [2.75, 3.05) is 0 Å².